The van der Waals surface area contributed by atoms with E-state index >= 15 is 0 Å². The first kappa shape index (κ1) is 13.3. The van der Waals surface area contributed by atoms with E-state index in [0.29, 0.717) is 18.7 Å². The summed E-state index contributed by atoms with van der Waals surface area (Å²) < 4.78 is 0. The highest BCUT2D eigenvalue weighted by Gasteiger charge is 2.03. The van der Waals surface area contributed by atoms with Crippen molar-refractivity contribution in [2.75, 3.05) is 18.1 Å². The van der Waals surface area contributed by atoms with E-state index in [9.17, 15) is 4.79 Å². The van der Waals surface area contributed by atoms with E-state index in [2.05, 4.69) is 5.32 Å². The highest BCUT2D eigenvalue weighted by molar-refractivity contribution is 7.99. The van der Waals surface area contributed by atoms with Gasteiger partial charge in [-0.05, 0) is 6.42 Å². The molecular weight excluding hydrogens is 198 g/mol. The largest absolute Gasteiger partial charge is 0.354 e. The van der Waals surface area contributed by atoms with Crippen LogP contribution in [0.4, 0.5) is 0 Å². The van der Waals surface area contributed by atoms with Crippen LogP contribution < -0.4 is 11.1 Å². The number of carbonyl (C=O) groups excluding carboxylic acids is 1. The Morgan fingerprint density at radius 3 is 3.00 bits per heavy atom. The van der Waals surface area contributed by atoms with E-state index in [-0.39, 0.29) is 11.9 Å². The number of nitrogens with two attached hydrogens (primary N) is 1. The number of amides is 1. The van der Waals surface area contributed by atoms with Crippen molar-refractivity contribution in [1.82, 2.24) is 5.32 Å². The second-order valence-corrected chi connectivity index (χ2v) is 3.97. The molecule has 80 valence electrons. The number of nitrogens with one attached hydrogen (secondary N) is 1. The molecule has 1 atom stereocenters. The lowest BCUT2D eigenvalue weighted by atomic mass is 10.3. The Bertz CT molecular complexity index is 203. The Morgan fingerprint density at radius 2 is 2.43 bits per heavy atom. The Balaban J connectivity index is 3.32. The zero-order valence-electron chi connectivity index (χ0n) is 8.45. The minimum atomic E-state index is -0.0199. The van der Waals surface area contributed by atoms with Crippen molar-refractivity contribution in [2.24, 2.45) is 5.73 Å². The van der Waals surface area contributed by atoms with Gasteiger partial charge in [-0.2, -0.15) is 17.0 Å². The fraction of sp³-hybridized carbons (Fsp3) is 0.778. The summed E-state index contributed by atoms with van der Waals surface area (Å²) in [4.78, 5) is 11.1. The summed E-state index contributed by atoms with van der Waals surface area (Å²) in [7, 11) is 0. The monoisotopic (exact) mass is 215 g/mol. The number of rotatable bonds is 7. The third-order valence-corrected chi connectivity index (χ3v) is 2.78. The van der Waals surface area contributed by atoms with Crippen LogP contribution in [0.3, 0.4) is 0 Å². The summed E-state index contributed by atoms with van der Waals surface area (Å²) in [6, 6.07) is 2.14. The van der Waals surface area contributed by atoms with Crippen molar-refractivity contribution in [3.05, 3.63) is 0 Å². The fourth-order valence-electron chi connectivity index (χ4n) is 0.730. The number of nitriles is 1. The predicted molar refractivity (Wildman–Crippen MR) is 58.8 cm³/mol. The van der Waals surface area contributed by atoms with Crippen molar-refractivity contribution in [2.45, 2.75) is 25.8 Å². The van der Waals surface area contributed by atoms with Gasteiger partial charge in [0.2, 0.25) is 5.91 Å². The van der Waals surface area contributed by atoms with Crippen LogP contribution in [0.25, 0.3) is 0 Å². The van der Waals surface area contributed by atoms with Crippen molar-refractivity contribution < 1.29 is 4.79 Å². The summed E-state index contributed by atoms with van der Waals surface area (Å²) in [6.07, 6.45) is 1.30. The molecule has 1 amide bonds. The molecule has 0 saturated carbocycles. The third-order valence-electron chi connectivity index (χ3n) is 1.65. The number of carbonyl (C=O) groups is 1. The molecule has 0 heterocycles. The third kappa shape index (κ3) is 7.90. The van der Waals surface area contributed by atoms with Gasteiger partial charge >= 0.3 is 0 Å². The average molecular weight is 215 g/mol. The molecule has 0 aliphatic carbocycles. The predicted octanol–water partition coefficient (Wildman–Crippen LogP) is 0.487. The van der Waals surface area contributed by atoms with Crippen LogP contribution in [0.2, 0.25) is 0 Å². The van der Waals surface area contributed by atoms with E-state index in [1.165, 1.54) is 11.8 Å². The molecule has 0 rings (SSSR count). The van der Waals surface area contributed by atoms with Crippen LogP contribution in [0.1, 0.15) is 19.8 Å². The number of thioether (sulfide) groups is 1. The average Bonchev–Trinajstić information content (AvgIpc) is 2.18. The van der Waals surface area contributed by atoms with Gasteiger partial charge in [0.1, 0.15) is 0 Å². The molecule has 3 N–H and O–H groups in total. The molecule has 0 aliphatic heterocycles. The highest BCUT2D eigenvalue weighted by Crippen LogP contribution is 2.02. The van der Waals surface area contributed by atoms with Gasteiger partial charge in [0.15, 0.2) is 0 Å². The normalized spacial score (nSPS) is 11.8. The van der Waals surface area contributed by atoms with Gasteiger partial charge in [-0.25, -0.2) is 0 Å². The summed E-state index contributed by atoms with van der Waals surface area (Å²) in [5.74, 6) is 1.22. The lowest BCUT2D eigenvalue weighted by Gasteiger charge is -2.07. The van der Waals surface area contributed by atoms with Crippen molar-refractivity contribution >= 4 is 17.7 Å². The van der Waals surface area contributed by atoms with Crippen LogP contribution >= 0.6 is 11.8 Å². The molecule has 0 aliphatic rings. The Morgan fingerprint density at radius 1 is 1.71 bits per heavy atom. The molecule has 0 aromatic carbocycles. The summed E-state index contributed by atoms with van der Waals surface area (Å²) in [6.45, 7) is 2.47. The highest BCUT2D eigenvalue weighted by atomic mass is 32.2. The second-order valence-electron chi connectivity index (χ2n) is 2.94. The molecule has 0 bridgehead atoms. The molecular formula is C9H17N3OS. The minimum absolute atomic E-state index is 0.0199. The van der Waals surface area contributed by atoms with Gasteiger partial charge in [0, 0.05) is 18.3 Å². The van der Waals surface area contributed by atoms with Gasteiger partial charge in [-0.3, -0.25) is 4.79 Å². The summed E-state index contributed by atoms with van der Waals surface area (Å²) >= 11 is 1.53. The first-order chi connectivity index (χ1) is 6.70. The molecule has 5 heteroatoms. The summed E-state index contributed by atoms with van der Waals surface area (Å²) in [5.41, 5.74) is 5.69. The van der Waals surface area contributed by atoms with E-state index < -0.39 is 0 Å². The Labute approximate surface area is 89.2 Å². The van der Waals surface area contributed by atoms with Gasteiger partial charge < -0.3 is 11.1 Å². The fourth-order valence-corrected chi connectivity index (χ4v) is 1.67. The molecule has 0 fully saturated rings. The van der Waals surface area contributed by atoms with Crippen LogP contribution in [0.5, 0.6) is 0 Å². The van der Waals surface area contributed by atoms with Crippen molar-refractivity contribution in [3.8, 4) is 6.07 Å². The van der Waals surface area contributed by atoms with E-state index in [0.717, 1.165) is 12.2 Å². The molecule has 0 aromatic heterocycles. The smallest absolute Gasteiger partial charge is 0.230 e. The van der Waals surface area contributed by atoms with E-state index in [1.807, 2.05) is 13.0 Å². The molecule has 4 nitrogen and oxygen atoms in total. The molecule has 0 saturated heterocycles. The second kappa shape index (κ2) is 8.85. The van der Waals surface area contributed by atoms with E-state index in [1.54, 1.807) is 0 Å². The van der Waals surface area contributed by atoms with Crippen molar-refractivity contribution in [1.29, 1.82) is 5.26 Å². The first-order valence-corrected chi connectivity index (χ1v) is 5.83. The number of hydrogen-bond acceptors (Lipinski definition) is 4. The molecule has 14 heavy (non-hydrogen) atoms. The topological polar surface area (TPSA) is 78.9 Å². The van der Waals surface area contributed by atoms with Gasteiger partial charge in [0.05, 0.1) is 18.2 Å². The number of hydrogen-bond donors (Lipinski definition) is 2. The molecule has 1 unspecified atom stereocenters. The van der Waals surface area contributed by atoms with Crippen LogP contribution in [-0.4, -0.2) is 30.0 Å². The van der Waals surface area contributed by atoms with Crippen LogP contribution in [0, 0.1) is 11.3 Å². The first-order valence-electron chi connectivity index (χ1n) is 4.67. The van der Waals surface area contributed by atoms with Gasteiger partial charge in [-0.15, -0.1) is 0 Å². The van der Waals surface area contributed by atoms with Gasteiger partial charge in [-0.1, -0.05) is 6.92 Å². The minimum Gasteiger partial charge on any atom is -0.354 e. The van der Waals surface area contributed by atoms with E-state index in [4.69, 9.17) is 11.0 Å². The van der Waals surface area contributed by atoms with Gasteiger partial charge in [0.25, 0.3) is 0 Å². The lowest BCUT2D eigenvalue weighted by molar-refractivity contribution is -0.118. The molecule has 0 spiro atoms. The Hall–Kier alpha value is -0.730. The van der Waals surface area contributed by atoms with Crippen LogP contribution in [-0.2, 0) is 4.79 Å². The standard InChI is InChI=1S/C9H17N3OS/c1-2-8(11)6-14-7-9(13)12-5-3-4-10/h8H,2-3,5-7,11H2,1H3,(H,12,13). The maximum absolute atomic E-state index is 11.1. The maximum atomic E-state index is 11.1. The number of nitrogens with zero attached hydrogens (tertiary/aromatic N) is 1. The summed E-state index contributed by atoms with van der Waals surface area (Å²) in [5, 5.41) is 10.9. The van der Waals surface area contributed by atoms with Crippen LogP contribution in [0.15, 0.2) is 0 Å². The SMILES string of the molecule is CCC(N)CSCC(=O)NCCC#N. The molecule has 0 radical (unpaired) electrons. The molecule has 0 aromatic rings. The maximum Gasteiger partial charge on any atom is 0.230 e. The van der Waals surface area contributed by atoms with Crippen molar-refractivity contribution in [3.63, 3.8) is 0 Å². The quantitative estimate of drug-likeness (QED) is 0.606. The lowest BCUT2D eigenvalue weighted by Crippen LogP contribution is -2.27. The zero-order chi connectivity index (χ0) is 10.8. The Kier molecular flexibility index (Phi) is 8.39. The zero-order valence-corrected chi connectivity index (χ0v) is 9.27.